The van der Waals surface area contributed by atoms with Crippen molar-refractivity contribution in [2.24, 2.45) is 0 Å². The minimum atomic E-state index is -0.0297. The third kappa shape index (κ3) is 6.78. The molecule has 37 heavy (non-hydrogen) atoms. The molecule has 1 heterocycles. The lowest BCUT2D eigenvalue weighted by molar-refractivity contribution is -0.131. The minimum Gasteiger partial charge on any atom is -0.378 e. The third-order valence-corrected chi connectivity index (χ3v) is 7.96. The number of halogens is 2. The van der Waals surface area contributed by atoms with E-state index >= 15 is 0 Å². The molecule has 0 aliphatic carbocycles. The van der Waals surface area contributed by atoms with Gasteiger partial charge in [-0.25, -0.2) is 0 Å². The maximum atomic E-state index is 13.4. The highest BCUT2D eigenvalue weighted by Gasteiger charge is 2.26. The summed E-state index contributed by atoms with van der Waals surface area (Å²) in [4.78, 5) is 21.8. The van der Waals surface area contributed by atoms with Crippen molar-refractivity contribution >= 4 is 40.5 Å². The smallest absolute Gasteiger partial charge is 0.242 e. The van der Waals surface area contributed by atoms with Crippen LogP contribution in [0.25, 0.3) is 11.1 Å². The second-order valence-electron chi connectivity index (χ2n) is 10.0. The van der Waals surface area contributed by atoms with E-state index in [-0.39, 0.29) is 18.5 Å². The number of carbonyl (C=O) groups excluding carboxylic acids is 1. The van der Waals surface area contributed by atoms with E-state index in [1.165, 1.54) is 29.7 Å². The molecule has 4 rings (SSSR count). The van der Waals surface area contributed by atoms with Crippen LogP contribution in [0.5, 0.6) is 0 Å². The highest BCUT2D eigenvalue weighted by Crippen LogP contribution is 2.29. The predicted molar refractivity (Wildman–Crippen MR) is 157 cm³/mol. The van der Waals surface area contributed by atoms with Crippen molar-refractivity contribution in [3.8, 4) is 11.1 Å². The molecule has 1 aliphatic heterocycles. The quantitative estimate of drug-likeness (QED) is 0.312. The Morgan fingerprint density at radius 1 is 0.811 bits per heavy atom. The average molecular weight is 540 g/mol. The van der Waals surface area contributed by atoms with Gasteiger partial charge in [0.1, 0.15) is 0 Å². The largest absolute Gasteiger partial charge is 0.378 e. The second kappa shape index (κ2) is 12.2. The van der Waals surface area contributed by atoms with Crippen molar-refractivity contribution in [1.29, 1.82) is 0 Å². The third-order valence-electron chi connectivity index (χ3n) is 7.22. The molecule has 1 saturated heterocycles. The molecule has 0 saturated carbocycles. The summed E-state index contributed by atoms with van der Waals surface area (Å²) >= 11 is 12.3. The summed E-state index contributed by atoms with van der Waals surface area (Å²) in [6.07, 6.45) is 2.43. The molecule has 0 N–H and O–H groups in total. The molecule has 7 heteroatoms. The minimum absolute atomic E-state index is 0.0297. The summed E-state index contributed by atoms with van der Waals surface area (Å²) in [5.41, 5.74) is 5.53. The SMILES string of the molecule is CN(C)c1ccc(-c2ccc(C(CN3CCCC3)N(C)C(=O)CN(C)c3ccc(Cl)c(Cl)c3)cc2)cc1. The molecular weight excluding hydrogens is 503 g/mol. The van der Waals surface area contributed by atoms with Crippen LogP contribution in [0.15, 0.2) is 66.7 Å². The fraction of sp³-hybridized carbons (Fsp3) is 0.367. The summed E-state index contributed by atoms with van der Waals surface area (Å²) in [6, 6.07) is 22.6. The van der Waals surface area contributed by atoms with Crippen LogP contribution in [0, 0.1) is 0 Å². The lowest BCUT2D eigenvalue weighted by Crippen LogP contribution is -2.42. The van der Waals surface area contributed by atoms with Crippen LogP contribution in [0.4, 0.5) is 11.4 Å². The summed E-state index contributed by atoms with van der Waals surface area (Å²) in [7, 11) is 7.91. The first kappa shape index (κ1) is 27.3. The molecule has 196 valence electrons. The first-order valence-electron chi connectivity index (χ1n) is 12.7. The van der Waals surface area contributed by atoms with Crippen LogP contribution in [0.1, 0.15) is 24.4 Å². The van der Waals surface area contributed by atoms with Crippen LogP contribution >= 0.6 is 23.2 Å². The van der Waals surface area contributed by atoms with Crippen molar-refractivity contribution in [1.82, 2.24) is 9.80 Å². The number of hydrogen-bond acceptors (Lipinski definition) is 4. The Balaban J connectivity index is 1.52. The molecule has 1 aliphatic rings. The highest BCUT2D eigenvalue weighted by atomic mass is 35.5. The first-order valence-corrected chi connectivity index (χ1v) is 13.5. The van der Waals surface area contributed by atoms with Crippen molar-refractivity contribution in [2.75, 3.05) is 64.2 Å². The van der Waals surface area contributed by atoms with E-state index in [0.29, 0.717) is 10.0 Å². The van der Waals surface area contributed by atoms with E-state index < -0.39 is 0 Å². The lowest BCUT2D eigenvalue weighted by atomic mass is 9.99. The van der Waals surface area contributed by atoms with E-state index in [0.717, 1.165) is 30.9 Å². The Labute approximate surface area is 231 Å². The fourth-order valence-electron chi connectivity index (χ4n) is 4.81. The van der Waals surface area contributed by atoms with Crippen molar-refractivity contribution < 1.29 is 4.79 Å². The van der Waals surface area contributed by atoms with Gasteiger partial charge in [-0.15, -0.1) is 0 Å². The predicted octanol–water partition coefficient (Wildman–Crippen LogP) is 6.46. The molecule has 0 spiro atoms. The van der Waals surface area contributed by atoms with Gasteiger partial charge < -0.3 is 19.6 Å². The fourth-order valence-corrected chi connectivity index (χ4v) is 5.11. The van der Waals surface area contributed by atoms with E-state index in [2.05, 4.69) is 58.3 Å². The number of nitrogens with zero attached hydrogens (tertiary/aromatic N) is 4. The highest BCUT2D eigenvalue weighted by molar-refractivity contribution is 6.42. The van der Waals surface area contributed by atoms with Crippen LogP contribution < -0.4 is 9.80 Å². The van der Waals surface area contributed by atoms with Gasteiger partial charge in [0, 0.05) is 46.1 Å². The number of likely N-dealkylation sites (tertiary alicyclic amines) is 1. The Bertz CT molecular complexity index is 1190. The van der Waals surface area contributed by atoms with Crippen LogP contribution in [0.2, 0.25) is 10.0 Å². The van der Waals surface area contributed by atoms with Gasteiger partial charge in [-0.05, 0) is 73.0 Å². The standard InChI is InChI=1S/C30H36Cl2N4O/c1-33(2)25-13-11-23(12-14-25)22-7-9-24(10-8-22)29(20-36-17-5-6-18-36)35(4)30(37)21-34(3)26-15-16-27(31)28(32)19-26/h7-16,19,29H,5-6,17-18,20-21H2,1-4H3. The zero-order valence-electron chi connectivity index (χ0n) is 22.1. The Kier molecular flexibility index (Phi) is 9.01. The average Bonchev–Trinajstić information content (AvgIpc) is 3.42. The van der Waals surface area contributed by atoms with Gasteiger partial charge in [0.25, 0.3) is 0 Å². The van der Waals surface area contributed by atoms with Crippen molar-refractivity contribution in [3.05, 3.63) is 82.3 Å². The Morgan fingerprint density at radius 3 is 1.95 bits per heavy atom. The van der Waals surface area contributed by atoms with Gasteiger partial charge in [-0.3, -0.25) is 4.79 Å². The topological polar surface area (TPSA) is 30.0 Å². The van der Waals surface area contributed by atoms with Crippen LogP contribution in [-0.2, 0) is 4.79 Å². The normalized spacial score (nSPS) is 14.4. The zero-order valence-corrected chi connectivity index (χ0v) is 23.6. The van der Waals surface area contributed by atoms with E-state index in [1.807, 2.05) is 44.1 Å². The molecule has 0 radical (unpaired) electrons. The summed E-state index contributed by atoms with van der Waals surface area (Å²) in [5.74, 6) is 0.0566. The molecule has 0 bridgehead atoms. The van der Waals surface area contributed by atoms with Gasteiger partial charge in [-0.1, -0.05) is 59.6 Å². The lowest BCUT2D eigenvalue weighted by Gasteiger charge is -2.33. The molecule has 5 nitrogen and oxygen atoms in total. The van der Waals surface area contributed by atoms with Gasteiger partial charge in [-0.2, -0.15) is 0 Å². The van der Waals surface area contributed by atoms with Gasteiger partial charge in [0.2, 0.25) is 5.91 Å². The van der Waals surface area contributed by atoms with E-state index in [1.54, 1.807) is 12.1 Å². The number of likely N-dealkylation sites (N-methyl/N-ethyl adjacent to an activating group) is 2. The molecular formula is C30H36Cl2N4O. The Morgan fingerprint density at radius 2 is 1.38 bits per heavy atom. The molecule has 3 aromatic rings. The molecule has 1 fully saturated rings. The first-order chi connectivity index (χ1) is 17.7. The number of rotatable bonds is 9. The summed E-state index contributed by atoms with van der Waals surface area (Å²) < 4.78 is 0. The number of benzene rings is 3. The van der Waals surface area contributed by atoms with E-state index in [4.69, 9.17) is 23.2 Å². The van der Waals surface area contributed by atoms with Crippen molar-refractivity contribution in [3.63, 3.8) is 0 Å². The second-order valence-corrected chi connectivity index (χ2v) is 10.9. The number of hydrogen-bond donors (Lipinski definition) is 0. The maximum Gasteiger partial charge on any atom is 0.242 e. The summed E-state index contributed by atoms with van der Waals surface area (Å²) in [5, 5.41) is 0.986. The maximum absolute atomic E-state index is 13.4. The van der Waals surface area contributed by atoms with Crippen molar-refractivity contribution in [2.45, 2.75) is 18.9 Å². The Hall–Kier alpha value is -2.73. The number of anilines is 2. The van der Waals surface area contributed by atoms with Crippen LogP contribution in [-0.4, -0.2) is 70.1 Å². The summed E-state index contributed by atoms with van der Waals surface area (Å²) in [6.45, 7) is 3.24. The van der Waals surface area contributed by atoms with E-state index in [9.17, 15) is 4.79 Å². The van der Waals surface area contributed by atoms with Crippen LogP contribution in [0.3, 0.4) is 0 Å². The van der Waals surface area contributed by atoms with Gasteiger partial charge in [0.05, 0.1) is 22.6 Å². The molecule has 1 amide bonds. The zero-order chi connectivity index (χ0) is 26.5. The van der Waals surface area contributed by atoms with Gasteiger partial charge in [0.15, 0.2) is 0 Å². The van der Waals surface area contributed by atoms with Gasteiger partial charge >= 0.3 is 0 Å². The molecule has 3 aromatic carbocycles. The number of amides is 1. The monoisotopic (exact) mass is 538 g/mol. The number of carbonyl (C=O) groups is 1. The molecule has 1 atom stereocenters. The molecule has 0 aromatic heterocycles. The molecule has 1 unspecified atom stereocenters.